The van der Waals surface area contributed by atoms with Crippen LogP contribution in [0.25, 0.3) is 0 Å². The summed E-state index contributed by atoms with van der Waals surface area (Å²) in [6, 6.07) is 0.208. The van der Waals surface area contributed by atoms with Crippen LogP contribution in [0, 0.1) is 0 Å². The van der Waals surface area contributed by atoms with E-state index in [1.165, 1.54) is 19.3 Å². The van der Waals surface area contributed by atoms with E-state index in [0.717, 1.165) is 12.8 Å². The summed E-state index contributed by atoms with van der Waals surface area (Å²) >= 11 is 1.57. The van der Waals surface area contributed by atoms with Crippen molar-refractivity contribution in [1.29, 1.82) is 0 Å². The average molecular weight is 272 g/mol. The molecule has 1 heterocycles. The van der Waals surface area contributed by atoms with Crippen LogP contribution in [0.3, 0.4) is 0 Å². The Balaban J connectivity index is 2.13. The molecule has 1 saturated heterocycles. The lowest BCUT2D eigenvalue weighted by Crippen LogP contribution is -2.41. The fourth-order valence-corrected chi connectivity index (χ4v) is 2.89. The number of hydrogen-bond donors (Lipinski definition) is 1. The van der Waals surface area contributed by atoms with Gasteiger partial charge >= 0.3 is 0 Å². The van der Waals surface area contributed by atoms with Crippen LogP contribution in [-0.2, 0) is 9.59 Å². The highest BCUT2D eigenvalue weighted by Crippen LogP contribution is 2.14. The molecule has 0 aromatic carbocycles. The molecule has 5 heteroatoms. The number of nitrogens with one attached hydrogen (secondary N) is 1. The lowest BCUT2D eigenvalue weighted by atomic mass is 10.1. The molecule has 1 aliphatic rings. The van der Waals surface area contributed by atoms with E-state index in [9.17, 15) is 9.59 Å². The summed E-state index contributed by atoms with van der Waals surface area (Å²) in [7, 11) is 0. The molecule has 1 atom stereocenters. The van der Waals surface area contributed by atoms with Crippen molar-refractivity contribution in [3.63, 3.8) is 0 Å². The van der Waals surface area contributed by atoms with Crippen molar-refractivity contribution in [3.05, 3.63) is 0 Å². The zero-order valence-corrected chi connectivity index (χ0v) is 12.2. The molecule has 1 aliphatic heterocycles. The predicted octanol–water partition coefficient (Wildman–Crippen LogP) is 1.99. The van der Waals surface area contributed by atoms with Crippen molar-refractivity contribution < 1.29 is 9.59 Å². The minimum Gasteiger partial charge on any atom is -0.352 e. The summed E-state index contributed by atoms with van der Waals surface area (Å²) in [5.41, 5.74) is 0. The van der Waals surface area contributed by atoms with E-state index < -0.39 is 0 Å². The first kappa shape index (κ1) is 15.3. The van der Waals surface area contributed by atoms with Crippen molar-refractivity contribution in [3.8, 4) is 0 Å². The van der Waals surface area contributed by atoms with Gasteiger partial charge < -0.3 is 10.2 Å². The minimum atomic E-state index is -0.0335. The zero-order chi connectivity index (χ0) is 13.4. The van der Waals surface area contributed by atoms with Crippen LogP contribution in [0.1, 0.15) is 46.0 Å². The molecule has 1 fully saturated rings. The SMILES string of the molecule is CCCCCCC(C)NC(=O)CN1CSCC1=O. The first-order chi connectivity index (χ1) is 8.63. The van der Waals surface area contributed by atoms with Gasteiger partial charge in [-0.1, -0.05) is 32.6 Å². The molecule has 18 heavy (non-hydrogen) atoms. The Kier molecular flexibility index (Phi) is 7.16. The number of thioether (sulfide) groups is 1. The van der Waals surface area contributed by atoms with Gasteiger partial charge in [-0.15, -0.1) is 11.8 Å². The maximum absolute atomic E-state index is 11.7. The quantitative estimate of drug-likeness (QED) is 0.688. The lowest BCUT2D eigenvalue weighted by molar-refractivity contribution is -0.132. The summed E-state index contributed by atoms with van der Waals surface area (Å²) in [4.78, 5) is 24.7. The smallest absolute Gasteiger partial charge is 0.239 e. The summed E-state index contributed by atoms with van der Waals surface area (Å²) in [6.45, 7) is 4.44. The standard InChI is InChI=1S/C13H24N2O2S/c1-3-4-5-6-7-11(2)14-12(16)8-15-10-18-9-13(15)17/h11H,3-10H2,1-2H3,(H,14,16). The number of carbonyl (C=O) groups is 2. The number of unbranched alkanes of at least 4 members (excludes halogenated alkanes) is 3. The first-order valence-corrected chi connectivity index (χ1v) is 7.93. The van der Waals surface area contributed by atoms with Gasteiger partial charge in [-0.2, -0.15) is 0 Å². The third-order valence-electron chi connectivity index (χ3n) is 3.06. The van der Waals surface area contributed by atoms with Gasteiger partial charge in [0.05, 0.1) is 11.6 Å². The van der Waals surface area contributed by atoms with Crippen LogP contribution in [0.4, 0.5) is 0 Å². The maximum atomic E-state index is 11.7. The summed E-state index contributed by atoms with van der Waals surface area (Å²) < 4.78 is 0. The summed E-state index contributed by atoms with van der Waals surface area (Å²) in [6.07, 6.45) is 5.91. The second-order valence-electron chi connectivity index (χ2n) is 4.89. The van der Waals surface area contributed by atoms with E-state index in [1.54, 1.807) is 16.7 Å². The van der Waals surface area contributed by atoms with E-state index in [2.05, 4.69) is 12.2 Å². The monoisotopic (exact) mass is 272 g/mol. The second-order valence-corrected chi connectivity index (χ2v) is 5.84. The molecule has 0 bridgehead atoms. The van der Waals surface area contributed by atoms with Gasteiger partial charge in [0.15, 0.2) is 0 Å². The van der Waals surface area contributed by atoms with Gasteiger partial charge in [-0.25, -0.2) is 0 Å². The van der Waals surface area contributed by atoms with Crippen molar-refractivity contribution in [1.82, 2.24) is 10.2 Å². The topological polar surface area (TPSA) is 49.4 Å². The van der Waals surface area contributed by atoms with Crippen LogP contribution in [0.5, 0.6) is 0 Å². The number of amides is 2. The normalized spacial score (nSPS) is 17.0. The highest BCUT2D eigenvalue weighted by atomic mass is 32.2. The lowest BCUT2D eigenvalue weighted by Gasteiger charge is -2.17. The molecule has 0 spiro atoms. The van der Waals surface area contributed by atoms with Crippen LogP contribution >= 0.6 is 11.8 Å². The van der Waals surface area contributed by atoms with Crippen molar-refractivity contribution >= 4 is 23.6 Å². The van der Waals surface area contributed by atoms with Gasteiger partial charge in [0.25, 0.3) is 0 Å². The first-order valence-electron chi connectivity index (χ1n) is 6.78. The molecule has 1 rings (SSSR count). The molecule has 1 unspecified atom stereocenters. The van der Waals surface area contributed by atoms with Gasteiger partial charge in [0.2, 0.25) is 11.8 Å². The summed E-state index contributed by atoms with van der Waals surface area (Å²) in [5, 5.41) is 2.96. The molecule has 1 N–H and O–H groups in total. The predicted molar refractivity (Wildman–Crippen MR) is 75.4 cm³/mol. The largest absolute Gasteiger partial charge is 0.352 e. The second kappa shape index (κ2) is 8.40. The molecule has 4 nitrogen and oxygen atoms in total. The third kappa shape index (κ3) is 5.76. The van der Waals surface area contributed by atoms with Crippen LogP contribution < -0.4 is 5.32 Å². The molecule has 104 valence electrons. The molecular weight excluding hydrogens is 248 g/mol. The van der Waals surface area contributed by atoms with Crippen LogP contribution in [0.2, 0.25) is 0 Å². The molecule has 0 radical (unpaired) electrons. The third-order valence-corrected chi connectivity index (χ3v) is 4.00. The molecule has 0 aromatic rings. The van der Waals surface area contributed by atoms with E-state index in [0.29, 0.717) is 11.6 Å². The highest BCUT2D eigenvalue weighted by Gasteiger charge is 2.23. The average Bonchev–Trinajstić information content (AvgIpc) is 2.70. The van der Waals surface area contributed by atoms with E-state index >= 15 is 0 Å². The molecule has 0 aromatic heterocycles. The molecular formula is C13H24N2O2S. The van der Waals surface area contributed by atoms with E-state index in [4.69, 9.17) is 0 Å². The fourth-order valence-electron chi connectivity index (χ4n) is 1.98. The maximum Gasteiger partial charge on any atom is 0.239 e. The van der Waals surface area contributed by atoms with Gasteiger partial charge in [0.1, 0.15) is 6.54 Å². The van der Waals surface area contributed by atoms with Gasteiger partial charge in [-0.3, -0.25) is 9.59 Å². The van der Waals surface area contributed by atoms with Crippen molar-refractivity contribution in [2.75, 3.05) is 18.2 Å². The van der Waals surface area contributed by atoms with Gasteiger partial charge in [0, 0.05) is 6.04 Å². The Morgan fingerprint density at radius 3 is 2.83 bits per heavy atom. The Morgan fingerprint density at radius 2 is 2.22 bits per heavy atom. The summed E-state index contributed by atoms with van der Waals surface area (Å²) in [5.74, 6) is 1.20. The van der Waals surface area contributed by atoms with Crippen LogP contribution in [0.15, 0.2) is 0 Å². The highest BCUT2D eigenvalue weighted by molar-refractivity contribution is 8.00. The number of hydrogen-bond acceptors (Lipinski definition) is 3. The zero-order valence-electron chi connectivity index (χ0n) is 11.4. The van der Waals surface area contributed by atoms with E-state index in [1.807, 2.05) is 6.92 Å². The Morgan fingerprint density at radius 1 is 1.44 bits per heavy atom. The number of rotatable bonds is 8. The number of carbonyl (C=O) groups excluding carboxylic acids is 2. The molecule has 0 saturated carbocycles. The minimum absolute atomic E-state index is 0.0335. The van der Waals surface area contributed by atoms with E-state index in [-0.39, 0.29) is 24.4 Å². The Bertz CT molecular complexity index is 284. The van der Waals surface area contributed by atoms with Crippen molar-refractivity contribution in [2.45, 2.75) is 52.0 Å². The van der Waals surface area contributed by atoms with Crippen molar-refractivity contribution in [2.24, 2.45) is 0 Å². The fraction of sp³-hybridized carbons (Fsp3) is 0.846. The Labute approximate surface area is 114 Å². The Hall–Kier alpha value is -0.710. The molecule has 0 aliphatic carbocycles. The van der Waals surface area contributed by atoms with Gasteiger partial charge in [-0.05, 0) is 13.3 Å². The molecule has 2 amide bonds. The number of nitrogens with zero attached hydrogens (tertiary/aromatic N) is 1. The van der Waals surface area contributed by atoms with Crippen LogP contribution in [-0.4, -0.2) is 40.9 Å².